The van der Waals surface area contributed by atoms with Gasteiger partial charge in [0.25, 0.3) is 0 Å². The van der Waals surface area contributed by atoms with E-state index >= 15 is 0 Å². The van der Waals surface area contributed by atoms with E-state index in [0.717, 1.165) is 30.0 Å². The molecule has 5 nitrogen and oxygen atoms in total. The average molecular weight is 306 g/mol. The van der Waals surface area contributed by atoms with Crippen molar-refractivity contribution in [2.75, 3.05) is 31.2 Å². The van der Waals surface area contributed by atoms with Crippen LogP contribution in [-0.2, 0) is 4.74 Å². The van der Waals surface area contributed by atoms with Crippen molar-refractivity contribution in [3.63, 3.8) is 0 Å². The summed E-state index contributed by atoms with van der Waals surface area (Å²) in [7, 11) is 0. The zero-order valence-electron chi connectivity index (χ0n) is 11.7. The van der Waals surface area contributed by atoms with Crippen molar-refractivity contribution in [1.29, 1.82) is 0 Å². The van der Waals surface area contributed by atoms with Crippen molar-refractivity contribution in [2.24, 2.45) is 0 Å². The minimum Gasteiger partial charge on any atom is -0.508 e. The van der Waals surface area contributed by atoms with Gasteiger partial charge in [-0.3, -0.25) is 0 Å². The fourth-order valence-electron chi connectivity index (χ4n) is 2.34. The second kappa shape index (κ2) is 5.87. The Morgan fingerprint density at radius 1 is 1.24 bits per heavy atom. The number of rotatable bonds is 2. The number of halogens is 1. The summed E-state index contributed by atoms with van der Waals surface area (Å²) in [6.07, 6.45) is 0. The van der Waals surface area contributed by atoms with Gasteiger partial charge in [-0.1, -0.05) is 23.7 Å². The lowest BCUT2D eigenvalue weighted by atomic mass is 10.2. The first-order chi connectivity index (χ1) is 10.1. The highest BCUT2D eigenvalue weighted by Crippen LogP contribution is 2.29. The SMILES string of the molecule is Cc1c(Cl)nc(-c2cccc(O)c2)nc1N1CCOCC1. The molecule has 1 aliphatic heterocycles. The topological polar surface area (TPSA) is 58.5 Å². The molecular weight excluding hydrogens is 290 g/mol. The van der Waals surface area contributed by atoms with E-state index in [-0.39, 0.29) is 5.75 Å². The normalized spacial score (nSPS) is 15.2. The molecule has 1 N–H and O–H groups in total. The number of morpholine rings is 1. The number of nitrogens with zero attached hydrogens (tertiary/aromatic N) is 3. The van der Waals surface area contributed by atoms with Gasteiger partial charge in [-0.25, -0.2) is 9.97 Å². The molecule has 2 aromatic rings. The third kappa shape index (κ3) is 2.94. The number of benzene rings is 1. The molecule has 1 fully saturated rings. The molecule has 0 bridgehead atoms. The van der Waals surface area contributed by atoms with Gasteiger partial charge < -0.3 is 14.7 Å². The first-order valence-corrected chi connectivity index (χ1v) is 7.19. The monoisotopic (exact) mass is 305 g/mol. The van der Waals surface area contributed by atoms with Crippen LogP contribution in [0.2, 0.25) is 5.15 Å². The molecule has 0 spiro atoms. The van der Waals surface area contributed by atoms with E-state index in [1.807, 2.05) is 13.0 Å². The molecule has 2 heterocycles. The molecular formula is C15H16ClN3O2. The largest absolute Gasteiger partial charge is 0.508 e. The fourth-order valence-corrected chi connectivity index (χ4v) is 2.50. The molecule has 0 radical (unpaired) electrons. The lowest BCUT2D eigenvalue weighted by molar-refractivity contribution is 0.122. The van der Waals surface area contributed by atoms with Gasteiger partial charge >= 0.3 is 0 Å². The van der Waals surface area contributed by atoms with E-state index in [9.17, 15) is 5.11 Å². The number of aromatic nitrogens is 2. The van der Waals surface area contributed by atoms with Gasteiger partial charge in [0, 0.05) is 24.2 Å². The van der Waals surface area contributed by atoms with Crippen LogP contribution in [-0.4, -0.2) is 41.4 Å². The highest BCUT2D eigenvalue weighted by atomic mass is 35.5. The number of ether oxygens (including phenoxy) is 1. The molecule has 0 unspecified atom stereocenters. The highest BCUT2D eigenvalue weighted by Gasteiger charge is 2.18. The van der Waals surface area contributed by atoms with E-state index in [0.29, 0.717) is 24.2 Å². The lowest BCUT2D eigenvalue weighted by Crippen LogP contribution is -2.37. The van der Waals surface area contributed by atoms with E-state index in [2.05, 4.69) is 14.9 Å². The van der Waals surface area contributed by atoms with Gasteiger partial charge in [0.05, 0.1) is 13.2 Å². The molecule has 0 saturated carbocycles. The van der Waals surface area contributed by atoms with Crippen molar-refractivity contribution in [1.82, 2.24) is 9.97 Å². The van der Waals surface area contributed by atoms with E-state index in [1.54, 1.807) is 18.2 Å². The van der Waals surface area contributed by atoms with E-state index < -0.39 is 0 Å². The highest BCUT2D eigenvalue weighted by molar-refractivity contribution is 6.30. The predicted octanol–water partition coefficient (Wildman–Crippen LogP) is 2.65. The molecule has 1 saturated heterocycles. The summed E-state index contributed by atoms with van der Waals surface area (Å²) in [4.78, 5) is 11.1. The molecule has 3 rings (SSSR count). The van der Waals surface area contributed by atoms with Crippen LogP contribution in [0.5, 0.6) is 5.75 Å². The summed E-state index contributed by atoms with van der Waals surface area (Å²) < 4.78 is 5.37. The summed E-state index contributed by atoms with van der Waals surface area (Å²) in [5.74, 6) is 1.53. The maximum Gasteiger partial charge on any atom is 0.163 e. The number of hydrogen-bond acceptors (Lipinski definition) is 5. The van der Waals surface area contributed by atoms with E-state index in [1.165, 1.54) is 0 Å². The molecule has 21 heavy (non-hydrogen) atoms. The van der Waals surface area contributed by atoms with Gasteiger partial charge in [-0.2, -0.15) is 0 Å². The Kier molecular flexibility index (Phi) is 3.94. The summed E-state index contributed by atoms with van der Waals surface area (Å²) in [5, 5.41) is 10.0. The van der Waals surface area contributed by atoms with Crippen LogP contribution >= 0.6 is 11.6 Å². The Labute approximate surface area is 128 Å². The van der Waals surface area contributed by atoms with E-state index in [4.69, 9.17) is 16.3 Å². The predicted molar refractivity (Wildman–Crippen MR) is 81.9 cm³/mol. The van der Waals surface area contributed by atoms with Crippen molar-refractivity contribution < 1.29 is 9.84 Å². The first kappa shape index (κ1) is 14.1. The molecule has 1 aromatic carbocycles. The lowest BCUT2D eigenvalue weighted by Gasteiger charge is -2.29. The van der Waals surface area contributed by atoms with Crippen LogP contribution in [0.1, 0.15) is 5.56 Å². The van der Waals surface area contributed by atoms with Gasteiger partial charge in [0.15, 0.2) is 5.82 Å². The van der Waals surface area contributed by atoms with Crippen LogP contribution in [0.4, 0.5) is 5.82 Å². The molecule has 1 aliphatic rings. The standard InChI is InChI=1S/C15H16ClN3O2/c1-10-13(16)17-14(11-3-2-4-12(20)9-11)18-15(10)19-5-7-21-8-6-19/h2-4,9,20H,5-8H2,1H3. The summed E-state index contributed by atoms with van der Waals surface area (Å²) in [6, 6.07) is 6.85. The van der Waals surface area contributed by atoms with Crippen molar-refractivity contribution in [2.45, 2.75) is 6.92 Å². The third-order valence-corrected chi connectivity index (χ3v) is 3.84. The molecule has 0 amide bonds. The maximum atomic E-state index is 9.60. The molecule has 110 valence electrons. The molecule has 0 aliphatic carbocycles. The second-order valence-electron chi connectivity index (χ2n) is 4.94. The third-order valence-electron chi connectivity index (χ3n) is 3.48. The number of aromatic hydroxyl groups is 1. The Morgan fingerprint density at radius 2 is 2.00 bits per heavy atom. The average Bonchev–Trinajstić information content (AvgIpc) is 2.51. The minimum absolute atomic E-state index is 0.181. The first-order valence-electron chi connectivity index (χ1n) is 6.81. The Morgan fingerprint density at radius 3 is 2.71 bits per heavy atom. The number of anilines is 1. The zero-order valence-corrected chi connectivity index (χ0v) is 12.5. The summed E-state index contributed by atoms with van der Waals surface area (Å²) in [5.41, 5.74) is 1.61. The Bertz CT molecular complexity index is 657. The van der Waals surface area contributed by atoms with Crippen LogP contribution in [0, 0.1) is 6.92 Å². The van der Waals surface area contributed by atoms with Crippen LogP contribution in [0.3, 0.4) is 0 Å². The maximum absolute atomic E-state index is 9.60. The van der Waals surface area contributed by atoms with Gasteiger partial charge in [0.2, 0.25) is 0 Å². The van der Waals surface area contributed by atoms with Gasteiger partial charge in [-0.15, -0.1) is 0 Å². The second-order valence-corrected chi connectivity index (χ2v) is 5.29. The minimum atomic E-state index is 0.181. The van der Waals surface area contributed by atoms with Crippen LogP contribution in [0.25, 0.3) is 11.4 Å². The smallest absolute Gasteiger partial charge is 0.163 e. The Hall–Kier alpha value is -1.85. The summed E-state index contributed by atoms with van der Waals surface area (Å²) in [6.45, 7) is 4.85. The van der Waals surface area contributed by atoms with Crippen LogP contribution in [0.15, 0.2) is 24.3 Å². The number of hydrogen-bond donors (Lipinski definition) is 1. The molecule has 6 heteroatoms. The number of phenols is 1. The summed E-state index contributed by atoms with van der Waals surface area (Å²) >= 11 is 6.26. The quantitative estimate of drug-likeness (QED) is 0.864. The Balaban J connectivity index is 2.04. The fraction of sp³-hybridized carbons (Fsp3) is 0.333. The number of phenolic OH excluding ortho intramolecular Hbond substituents is 1. The van der Waals surface area contributed by atoms with Gasteiger partial charge in [-0.05, 0) is 19.1 Å². The molecule has 1 aromatic heterocycles. The van der Waals surface area contributed by atoms with Gasteiger partial charge in [0.1, 0.15) is 16.7 Å². The van der Waals surface area contributed by atoms with Crippen molar-refractivity contribution in [3.8, 4) is 17.1 Å². The van der Waals surface area contributed by atoms with Crippen LogP contribution < -0.4 is 4.90 Å². The van der Waals surface area contributed by atoms with Crippen molar-refractivity contribution in [3.05, 3.63) is 35.0 Å². The molecule has 0 atom stereocenters. The van der Waals surface area contributed by atoms with Crippen molar-refractivity contribution >= 4 is 17.4 Å². The zero-order chi connectivity index (χ0) is 14.8.